The van der Waals surface area contributed by atoms with E-state index in [1.807, 2.05) is 0 Å². The molecule has 0 saturated heterocycles. The topological polar surface area (TPSA) is 55.4 Å². The largest absolute Gasteiger partial charge is 0.495 e. The first-order valence-electron chi connectivity index (χ1n) is 8.62. The van der Waals surface area contributed by atoms with E-state index in [2.05, 4.69) is 12.2 Å². The Bertz CT molecular complexity index is 533. The SMILES string of the molecule is CCCCC1CCC(C(=O)Nc2cc(C=O)ccc2OC)CC1. The zero-order valence-electron chi connectivity index (χ0n) is 14.1. The van der Waals surface area contributed by atoms with E-state index in [9.17, 15) is 9.59 Å². The highest BCUT2D eigenvalue weighted by Gasteiger charge is 2.26. The third-order valence-electron chi connectivity index (χ3n) is 4.80. The van der Waals surface area contributed by atoms with Crippen LogP contribution in [0.2, 0.25) is 0 Å². The fraction of sp³-hybridized carbons (Fsp3) is 0.579. The second kappa shape index (κ2) is 8.70. The summed E-state index contributed by atoms with van der Waals surface area (Å²) in [5.74, 6) is 1.48. The molecule has 0 spiro atoms. The van der Waals surface area contributed by atoms with E-state index in [0.717, 1.165) is 37.9 Å². The van der Waals surface area contributed by atoms with Gasteiger partial charge in [0.2, 0.25) is 5.91 Å². The van der Waals surface area contributed by atoms with Crippen molar-refractivity contribution in [2.24, 2.45) is 11.8 Å². The van der Waals surface area contributed by atoms with Crippen LogP contribution in [-0.2, 0) is 4.79 Å². The Morgan fingerprint density at radius 2 is 2.04 bits per heavy atom. The third kappa shape index (κ3) is 4.81. The quantitative estimate of drug-likeness (QED) is 0.756. The van der Waals surface area contributed by atoms with E-state index in [1.165, 1.54) is 19.3 Å². The van der Waals surface area contributed by atoms with Crippen molar-refractivity contribution in [1.82, 2.24) is 0 Å². The van der Waals surface area contributed by atoms with Gasteiger partial charge in [0.1, 0.15) is 12.0 Å². The molecule has 0 unspecified atom stereocenters. The molecule has 1 fully saturated rings. The van der Waals surface area contributed by atoms with Crippen LogP contribution in [0.25, 0.3) is 0 Å². The van der Waals surface area contributed by atoms with Crippen LogP contribution in [0.15, 0.2) is 18.2 Å². The number of aldehydes is 1. The summed E-state index contributed by atoms with van der Waals surface area (Å²) < 4.78 is 5.26. The summed E-state index contributed by atoms with van der Waals surface area (Å²) in [6.07, 6.45) is 8.79. The molecule has 1 aliphatic carbocycles. The maximum absolute atomic E-state index is 12.5. The van der Waals surface area contributed by atoms with Crippen LogP contribution in [-0.4, -0.2) is 19.3 Å². The lowest BCUT2D eigenvalue weighted by molar-refractivity contribution is -0.121. The van der Waals surface area contributed by atoms with Crippen molar-refractivity contribution in [3.63, 3.8) is 0 Å². The molecule has 0 aromatic heterocycles. The summed E-state index contributed by atoms with van der Waals surface area (Å²) >= 11 is 0. The van der Waals surface area contributed by atoms with Crippen LogP contribution < -0.4 is 10.1 Å². The normalized spacial score (nSPS) is 20.8. The summed E-state index contributed by atoms with van der Waals surface area (Å²) in [5, 5.41) is 2.94. The summed E-state index contributed by atoms with van der Waals surface area (Å²) in [6.45, 7) is 2.22. The fourth-order valence-electron chi connectivity index (χ4n) is 3.34. The number of amides is 1. The molecule has 4 heteroatoms. The van der Waals surface area contributed by atoms with E-state index >= 15 is 0 Å². The van der Waals surface area contributed by atoms with Crippen LogP contribution in [0.3, 0.4) is 0 Å². The Hall–Kier alpha value is -1.84. The molecule has 0 atom stereocenters. The predicted molar refractivity (Wildman–Crippen MR) is 92.0 cm³/mol. The number of carbonyl (C=O) groups is 2. The number of rotatable bonds is 7. The van der Waals surface area contributed by atoms with Crippen LogP contribution in [0, 0.1) is 11.8 Å². The zero-order chi connectivity index (χ0) is 16.7. The molecule has 1 aliphatic rings. The number of anilines is 1. The van der Waals surface area contributed by atoms with Gasteiger partial charge in [-0.2, -0.15) is 0 Å². The lowest BCUT2D eigenvalue weighted by atomic mass is 9.79. The van der Waals surface area contributed by atoms with Gasteiger partial charge in [0.05, 0.1) is 12.8 Å². The van der Waals surface area contributed by atoms with E-state index in [4.69, 9.17) is 4.74 Å². The number of hydrogen-bond acceptors (Lipinski definition) is 3. The van der Waals surface area contributed by atoms with Crippen LogP contribution in [0.4, 0.5) is 5.69 Å². The van der Waals surface area contributed by atoms with Gasteiger partial charge in [-0.15, -0.1) is 0 Å². The van der Waals surface area contributed by atoms with Gasteiger partial charge in [-0.05, 0) is 49.8 Å². The first-order valence-corrected chi connectivity index (χ1v) is 8.62. The molecule has 0 bridgehead atoms. The van der Waals surface area contributed by atoms with Gasteiger partial charge in [0.15, 0.2) is 0 Å². The number of benzene rings is 1. The molecule has 1 amide bonds. The summed E-state index contributed by atoms with van der Waals surface area (Å²) in [6, 6.07) is 5.05. The predicted octanol–water partition coefficient (Wildman–Crippen LogP) is 4.44. The van der Waals surface area contributed by atoms with Crippen molar-refractivity contribution in [1.29, 1.82) is 0 Å². The Morgan fingerprint density at radius 1 is 1.30 bits per heavy atom. The Balaban J connectivity index is 1.94. The Labute approximate surface area is 138 Å². The smallest absolute Gasteiger partial charge is 0.227 e. The minimum absolute atomic E-state index is 0.0419. The number of nitrogens with one attached hydrogen (secondary N) is 1. The fourth-order valence-corrected chi connectivity index (χ4v) is 3.34. The Morgan fingerprint density at radius 3 is 2.65 bits per heavy atom. The van der Waals surface area contributed by atoms with Crippen molar-refractivity contribution in [3.05, 3.63) is 23.8 Å². The highest BCUT2D eigenvalue weighted by Crippen LogP contribution is 2.33. The molecular formula is C19H27NO3. The number of carbonyl (C=O) groups excluding carboxylic acids is 2. The lowest BCUT2D eigenvalue weighted by Crippen LogP contribution is -2.27. The maximum atomic E-state index is 12.5. The summed E-state index contributed by atoms with van der Waals surface area (Å²) in [4.78, 5) is 23.4. The van der Waals surface area contributed by atoms with Crippen LogP contribution >= 0.6 is 0 Å². The molecule has 1 aromatic rings. The van der Waals surface area contributed by atoms with Gasteiger partial charge < -0.3 is 10.1 Å². The van der Waals surface area contributed by atoms with Crippen LogP contribution in [0.5, 0.6) is 5.75 Å². The first kappa shape index (κ1) is 17.5. The average molecular weight is 317 g/mol. The molecule has 0 heterocycles. The number of ether oxygens (including phenoxy) is 1. The second-order valence-electron chi connectivity index (χ2n) is 6.43. The molecule has 4 nitrogen and oxygen atoms in total. The lowest BCUT2D eigenvalue weighted by Gasteiger charge is -2.28. The molecule has 2 rings (SSSR count). The van der Waals surface area contributed by atoms with Gasteiger partial charge in [0.25, 0.3) is 0 Å². The summed E-state index contributed by atoms with van der Waals surface area (Å²) in [5.41, 5.74) is 1.11. The van der Waals surface area contributed by atoms with Gasteiger partial charge in [0, 0.05) is 11.5 Å². The van der Waals surface area contributed by atoms with Crippen molar-refractivity contribution in [3.8, 4) is 5.75 Å². The average Bonchev–Trinajstić information content (AvgIpc) is 2.60. The molecular weight excluding hydrogens is 290 g/mol. The van der Waals surface area contributed by atoms with E-state index in [1.54, 1.807) is 25.3 Å². The number of unbranched alkanes of at least 4 members (excludes halogenated alkanes) is 1. The van der Waals surface area contributed by atoms with Gasteiger partial charge in [-0.3, -0.25) is 9.59 Å². The molecule has 23 heavy (non-hydrogen) atoms. The number of methoxy groups -OCH3 is 1. The van der Waals surface area contributed by atoms with E-state index in [0.29, 0.717) is 17.0 Å². The Kier molecular flexibility index (Phi) is 6.63. The van der Waals surface area contributed by atoms with Crippen molar-refractivity contribution >= 4 is 17.9 Å². The minimum Gasteiger partial charge on any atom is -0.495 e. The second-order valence-corrected chi connectivity index (χ2v) is 6.43. The van der Waals surface area contributed by atoms with E-state index in [-0.39, 0.29) is 11.8 Å². The van der Waals surface area contributed by atoms with E-state index < -0.39 is 0 Å². The first-order chi connectivity index (χ1) is 11.2. The van der Waals surface area contributed by atoms with Gasteiger partial charge >= 0.3 is 0 Å². The van der Waals surface area contributed by atoms with Gasteiger partial charge in [-0.1, -0.05) is 26.2 Å². The van der Waals surface area contributed by atoms with Crippen molar-refractivity contribution < 1.29 is 14.3 Å². The summed E-state index contributed by atoms with van der Waals surface area (Å²) in [7, 11) is 1.56. The maximum Gasteiger partial charge on any atom is 0.227 e. The molecule has 0 aliphatic heterocycles. The molecule has 0 radical (unpaired) electrons. The van der Waals surface area contributed by atoms with Crippen molar-refractivity contribution in [2.75, 3.05) is 12.4 Å². The molecule has 1 N–H and O–H groups in total. The third-order valence-corrected chi connectivity index (χ3v) is 4.80. The zero-order valence-corrected chi connectivity index (χ0v) is 14.1. The highest BCUT2D eigenvalue weighted by atomic mass is 16.5. The molecule has 126 valence electrons. The molecule has 1 saturated carbocycles. The highest BCUT2D eigenvalue weighted by molar-refractivity contribution is 5.95. The number of hydrogen-bond donors (Lipinski definition) is 1. The van der Waals surface area contributed by atoms with Crippen molar-refractivity contribution in [2.45, 2.75) is 51.9 Å². The van der Waals surface area contributed by atoms with Gasteiger partial charge in [-0.25, -0.2) is 0 Å². The van der Waals surface area contributed by atoms with Crippen LogP contribution in [0.1, 0.15) is 62.2 Å². The monoisotopic (exact) mass is 317 g/mol. The molecule has 1 aromatic carbocycles. The standard InChI is InChI=1S/C19H27NO3/c1-3-4-5-14-6-9-16(10-7-14)19(22)20-17-12-15(13-21)8-11-18(17)23-2/h8,11-14,16H,3-7,9-10H2,1-2H3,(H,20,22). The minimum atomic E-state index is 0.0419.